The summed E-state index contributed by atoms with van der Waals surface area (Å²) in [6.45, 7) is 1.17. The van der Waals surface area contributed by atoms with Crippen LogP contribution in [0.25, 0.3) is 11.6 Å². The van der Waals surface area contributed by atoms with E-state index < -0.39 is 0 Å². The third kappa shape index (κ3) is 1.93. The fourth-order valence-corrected chi connectivity index (χ4v) is 3.69. The number of rotatable bonds is 4. The summed E-state index contributed by atoms with van der Waals surface area (Å²) in [5.41, 5.74) is 6.12. The lowest BCUT2D eigenvalue weighted by molar-refractivity contribution is 0.372. The molecule has 7 nitrogen and oxygen atoms in total. The number of hydrogen-bond acceptors (Lipinski definition) is 6. The van der Waals surface area contributed by atoms with E-state index in [4.69, 9.17) is 10.3 Å². The minimum absolute atomic E-state index is 0.464. The van der Waals surface area contributed by atoms with Gasteiger partial charge in [-0.25, -0.2) is 0 Å². The van der Waals surface area contributed by atoms with E-state index in [0.717, 1.165) is 17.7 Å². The third-order valence-corrected chi connectivity index (χ3v) is 4.63. The van der Waals surface area contributed by atoms with Crippen LogP contribution in [0.2, 0.25) is 0 Å². The van der Waals surface area contributed by atoms with Crippen molar-refractivity contribution >= 4 is 0 Å². The average molecular weight is 274 g/mol. The lowest BCUT2D eigenvalue weighted by atomic mass is 9.88. The van der Waals surface area contributed by atoms with Crippen LogP contribution >= 0.6 is 0 Å². The van der Waals surface area contributed by atoms with Gasteiger partial charge in [0.25, 0.3) is 5.89 Å². The molecule has 0 saturated heterocycles. The zero-order valence-electron chi connectivity index (χ0n) is 11.3. The second kappa shape index (κ2) is 4.66. The molecule has 0 aromatic carbocycles. The van der Waals surface area contributed by atoms with Crippen molar-refractivity contribution in [3.8, 4) is 11.6 Å². The number of nitrogens with two attached hydrogens (primary N) is 1. The van der Waals surface area contributed by atoms with Gasteiger partial charge in [0.2, 0.25) is 0 Å². The quantitative estimate of drug-likeness (QED) is 0.899. The molecule has 2 heterocycles. The molecule has 3 unspecified atom stereocenters. The van der Waals surface area contributed by atoms with Gasteiger partial charge in [-0.05, 0) is 31.1 Å². The highest BCUT2D eigenvalue weighted by molar-refractivity contribution is 5.43. The van der Waals surface area contributed by atoms with Crippen LogP contribution in [0.3, 0.4) is 0 Å². The molecular formula is C13H18N6O. The van der Waals surface area contributed by atoms with Crippen molar-refractivity contribution < 1.29 is 4.52 Å². The highest BCUT2D eigenvalue weighted by Crippen LogP contribution is 2.52. The summed E-state index contributed by atoms with van der Waals surface area (Å²) in [4.78, 5) is 4.53. The molecule has 2 aliphatic rings. The molecule has 3 atom stereocenters. The summed E-state index contributed by atoms with van der Waals surface area (Å²) in [5.74, 6) is 3.41. The summed E-state index contributed by atoms with van der Waals surface area (Å²) in [7, 11) is 0. The summed E-state index contributed by atoms with van der Waals surface area (Å²) in [5, 5.41) is 12.2. The molecular weight excluding hydrogens is 256 g/mol. The van der Waals surface area contributed by atoms with Gasteiger partial charge in [0.15, 0.2) is 11.5 Å². The minimum atomic E-state index is 0.464. The molecule has 2 aromatic heterocycles. The predicted octanol–water partition coefficient (Wildman–Crippen LogP) is 1.19. The number of aromatic nitrogens is 5. The molecule has 2 aliphatic carbocycles. The van der Waals surface area contributed by atoms with Crippen LogP contribution in [0.4, 0.5) is 0 Å². The molecule has 2 fully saturated rings. The third-order valence-electron chi connectivity index (χ3n) is 4.63. The average Bonchev–Trinajstić information content (AvgIpc) is 3.22. The fraction of sp³-hybridized carbons (Fsp3) is 0.692. The van der Waals surface area contributed by atoms with Crippen molar-refractivity contribution in [3.05, 3.63) is 12.0 Å². The fourth-order valence-electron chi connectivity index (χ4n) is 3.69. The molecule has 2 saturated carbocycles. The second-order valence-corrected chi connectivity index (χ2v) is 5.89. The lowest BCUT2D eigenvalue weighted by Gasteiger charge is -2.17. The second-order valence-electron chi connectivity index (χ2n) is 5.89. The maximum absolute atomic E-state index is 5.49. The highest BCUT2D eigenvalue weighted by atomic mass is 16.5. The van der Waals surface area contributed by atoms with E-state index in [2.05, 4.69) is 20.5 Å². The van der Waals surface area contributed by atoms with Gasteiger partial charge in [-0.1, -0.05) is 16.8 Å². The Balaban J connectivity index is 1.55. The van der Waals surface area contributed by atoms with Gasteiger partial charge >= 0.3 is 0 Å². The SMILES string of the molecule is NCCn1cc(-c2nc(C3CC4CCC3C4)no2)nn1. The van der Waals surface area contributed by atoms with E-state index in [0.29, 0.717) is 30.6 Å². The van der Waals surface area contributed by atoms with Crippen molar-refractivity contribution in [2.24, 2.45) is 17.6 Å². The van der Waals surface area contributed by atoms with E-state index >= 15 is 0 Å². The number of nitrogens with zero attached hydrogens (tertiary/aromatic N) is 5. The first kappa shape index (κ1) is 12.0. The van der Waals surface area contributed by atoms with Gasteiger partial charge in [-0.2, -0.15) is 4.98 Å². The van der Waals surface area contributed by atoms with Gasteiger partial charge in [0.1, 0.15) is 0 Å². The lowest BCUT2D eigenvalue weighted by Crippen LogP contribution is -2.10. The molecule has 20 heavy (non-hydrogen) atoms. The largest absolute Gasteiger partial charge is 0.332 e. The summed E-state index contributed by atoms with van der Waals surface area (Å²) in [6.07, 6.45) is 7.03. The van der Waals surface area contributed by atoms with Crippen LogP contribution in [0, 0.1) is 11.8 Å². The molecule has 4 rings (SSSR count). The van der Waals surface area contributed by atoms with Gasteiger partial charge in [0, 0.05) is 12.5 Å². The van der Waals surface area contributed by atoms with Gasteiger partial charge in [-0.3, -0.25) is 4.68 Å². The Hall–Kier alpha value is -1.76. The van der Waals surface area contributed by atoms with Crippen molar-refractivity contribution in [2.45, 2.75) is 38.1 Å². The summed E-state index contributed by atoms with van der Waals surface area (Å²) >= 11 is 0. The Bertz CT molecular complexity index is 606. The van der Waals surface area contributed by atoms with E-state index in [1.54, 1.807) is 10.9 Å². The van der Waals surface area contributed by atoms with Gasteiger partial charge < -0.3 is 10.3 Å². The first-order valence-electron chi connectivity index (χ1n) is 7.27. The maximum Gasteiger partial charge on any atom is 0.280 e. The molecule has 7 heteroatoms. The van der Waals surface area contributed by atoms with E-state index in [1.807, 2.05) is 0 Å². The Morgan fingerprint density at radius 2 is 2.30 bits per heavy atom. The van der Waals surface area contributed by atoms with Crippen LogP contribution in [0.15, 0.2) is 10.7 Å². The van der Waals surface area contributed by atoms with Crippen LogP contribution in [-0.2, 0) is 6.54 Å². The molecule has 2 aromatic rings. The predicted molar refractivity (Wildman–Crippen MR) is 70.6 cm³/mol. The molecule has 2 N–H and O–H groups in total. The topological polar surface area (TPSA) is 95.7 Å². The zero-order valence-corrected chi connectivity index (χ0v) is 11.3. The number of hydrogen-bond donors (Lipinski definition) is 1. The van der Waals surface area contributed by atoms with E-state index in [1.165, 1.54) is 25.7 Å². The first-order chi connectivity index (χ1) is 9.83. The molecule has 0 spiro atoms. The summed E-state index contributed by atoms with van der Waals surface area (Å²) in [6, 6.07) is 0. The van der Waals surface area contributed by atoms with Crippen LogP contribution in [0.5, 0.6) is 0 Å². The molecule has 0 radical (unpaired) electrons. The standard InChI is InChI=1S/C13H18N6O/c14-3-4-19-7-11(16-18-19)13-15-12(17-20-13)10-6-8-1-2-9(10)5-8/h7-10H,1-6,14H2. The molecule has 0 amide bonds. The highest BCUT2D eigenvalue weighted by Gasteiger charge is 2.42. The van der Waals surface area contributed by atoms with Gasteiger partial charge in [0.05, 0.1) is 12.7 Å². The smallest absolute Gasteiger partial charge is 0.280 e. The first-order valence-corrected chi connectivity index (χ1v) is 7.27. The van der Waals surface area contributed by atoms with Gasteiger partial charge in [-0.15, -0.1) is 5.10 Å². The number of fused-ring (bicyclic) bond motifs is 2. The van der Waals surface area contributed by atoms with E-state index in [9.17, 15) is 0 Å². The monoisotopic (exact) mass is 274 g/mol. The Morgan fingerprint density at radius 1 is 1.35 bits per heavy atom. The van der Waals surface area contributed by atoms with Crippen molar-refractivity contribution in [2.75, 3.05) is 6.54 Å². The molecule has 106 valence electrons. The summed E-state index contributed by atoms with van der Waals surface area (Å²) < 4.78 is 7.05. The van der Waals surface area contributed by atoms with E-state index in [-0.39, 0.29) is 0 Å². The molecule has 0 aliphatic heterocycles. The van der Waals surface area contributed by atoms with Crippen LogP contribution in [0.1, 0.15) is 37.4 Å². The minimum Gasteiger partial charge on any atom is -0.332 e. The Morgan fingerprint density at radius 3 is 3.05 bits per heavy atom. The van der Waals surface area contributed by atoms with Crippen LogP contribution in [-0.4, -0.2) is 31.7 Å². The molecule has 2 bridgehead atoms. The zero-order chi connectivity index (χ0) is 13.5. The Labute approximate surface area is 116 Å². The van der Waals surface area contributed by atoms with Crippen molar-refractivity contribution in [1.82, 2.24) is 25.1 Å². The maximum atomic E-state index is 5.49. The Kier molecular flexibility index (Phi) is 2.80. The van der Waals surface area contributed by atoms with Crippen molar-refractivity contribution in [3.63, 3.8) is 0 Å². The normalized spacial score (nSPS) is 28.4. The van der Waals surface area contributed by atoms with Crippen molar-refractivity contribution in [1.29, 1.82) is 0 Å². The van der Waals surface area contributed by atoms with Crippen LogP contribution < -0.4 is 5.73 Å².